The monoisotopic (exact) mass is 387 g/mol. The maximum atomic E-state index is 12.7. The Kier molecular flexibility index (Phi) is 7.49. The van der Waals surface area contributed by atoms with Gasteiger partial charge in [0.2, 0.25) is 0 Å². The molecule has 0 saturated carbocycles. The number of halogens is 3. The van der Waals surface area contributed by atoms with Crippen LogP contribution in [-0.2, 0) is 4.74 Å². The normalized spacial score (nSPS) is 10.8. The van der Waals surface area contributed by atoms with E-state index in [1.807, 2.05) is 0 Å². The molecule has 0 spiro atoms. The van der Waals surface area contributed by atoms with E-state index in [1.54, 1.807) is 37.4 Å². The van der Waals surface area contributed by atoms with Gasteiger partial charge in [-0.3, -0.25) is 4.79 Å². The number of rotatable bonds is 8. The number of hydrogen-bond donors (Lipinski definition) is 1. The number of methoxy groups -OCH3 is 1. The number of alkyl halides is 2. The van der Waals surface area contributed by atoms with Gasteiger partial charge in [-0.15, -0.1) is 0 Å². The van der Waals surface area contributed by atoms with E-state index in [-0.39, 0.29) is 39.5 Å². The zero-order chi connectivity index (χ0) is 18.2. The van der Waals surface area contributed by atoms with Crippen LogP contribution in [0.5, 0.6) is 5.75 Å². The highest BCUT2D eigenvalue weighted by Gasteiger charge is 2.18. The molecule has 0 aromatic heterocycles. The molecular weight excluding hydrogens is 372 g/mol. The summed E-state index contributed by atoms with van der Waals surface area (Å²) in [6, 6.07) is 11.2. The lowest BCUT2D eigenvalue weighted by molar-refractivity contribution is 0.101. The predicted molar refractivity (Wildman–Crippen MR) is 95.1 cm³/mol. The first-order chi connectivity index (χ1) is 12.0. The number of carbonyl (C=O) groups excluding carboxylic acids is 1. The molecule has 4 nitrogen and oxygen atoms in total. The number of thioether (sulfide) groups is 1. The number of ether oxygens (including phenoxy) is 2. The number of anilines is 1. The Labute approximate surface area is 153 Å². The molecule has 0 heterocycles. The molecule has 8 heteroatoms. The molecule has 0 unspecified atom stereocenters. The van der Waals surface area contributed by atoms with E-state index in [1.165, 1.54) is 12.1 Å². The number of hydrogen-bond acceptors (Lipinski definition) is 4. The molecule has 2 aromatic rings. The Morgan fingerprint density at radius 3 is 2.68 bits per heavy atom. The van der Waals surface area contributed by atoms with Crippen LogP contribution in [0, 0.1) is 0 Å². The molecule has 25 heavy (non-hydrogen) atoms. The average Bonchev–Trinajstić information content (AvgIpc) is 2.58. The van der Waals surface area contributed by atoms with Crippen molar-refractivity contribution in [3.05, 3.63) is 53.1 Å². The van der Waals surface area contributed by atoms with Gasteiger partial charge in [0.05, 0.1) is 27.8 Å². The maximum Gasteiger partial charge on any atom is 0.289 e. The van der Waals surface area contributed by atoms with Crippen molar-refractivity contribution in [2.75, 3.05) is 25.6 Å². The largest absolute Gasteiger partial charge is 0.490 e. The van der Waals surface area contributed by atoms with Crippen LogP contribution in [0.3, 0.4) is 0 Å². The van der Waals surface area contributed by atoms with Gasteiger partial charge in [-0.05, 0) is 24.3 Å². The molecule has 2 rings (SSSR count). The number of nitrogens with one attached hydrogen (secondary N) is 1. The van der Waals surface area contributed by atoms with Crippen molar-refractivity contribution in [1.29, 1.82) is 0 Å². The van der Waals surface area contributed by atoms with Gasteiger partial charge in [0.1, 0.15) is 12.4 Å². The second-order valence-electron chi connectivity index (χ2n) is 4.79. The second-order valence-corrected chi connectivity index (χ2v) is 6.19. The Hall–Kier alpha value is -1.83. The smallest absolute Gasteiger partial charge is 0.289 e. The number of para-hydroxylation sites is 1. The standard InChI is InChI=1S/C17H16ClF2NO3S/c1-23-9-10-24-14-8-3-2-5-11(14)16(22)21-13-7-4-6-12(18)15(13)25-17(19)20/h2-8,17H,9-10H2,1H3,(H,21,22). The van der Waals surface area contributed by atoms with Gasteiger partial charge >= 0.3 is 0 Å². The van der Waals surface area contributed by atoms with E-state index in [9.17, 15) is 13.6 Å². The Morgan fingerprint density at radius 1 is 1.20 bits per heavy atom. The van der Waals surface area contributed by atoms with Crippen molar-refractivity contribution < 1.29 is 23.0 Å². The number of benzene rings is 2. The van der Waals surface area contributed by atoms with Crippen LogP contribution in [0.15, 0.2) is 47.4 Å². The van der Waals surface area contributed by atoms with Crippen molar-refractivity contribution >= 4 is 35.0 Å². The molecule has 0 aliphatic carbocycles. The highest BCUT2D eigenvalue weighted by molar-refractivity contribution is 7.99. The van der Waals surface area contributed by atoms with Gasteiger partial charge in [0.15, 0.2) is 0 Å². The van der Waals surface area contributed by atoms with Crippen LogP contribution in [0.2, 0.25) is 5.02 Å². The lowest BCUT2D eigenvalue weighted by Gasteiger charge is -2.14. The van der Waals surface area contributed by atoms with E-state index in [4.69, 9.17) is 21.1 Å². The Bertz CT molecular complexity index is 731. The molecule has 1 N–H and O–H groups in total. The first-order valence-electron chi connectivity index (χ1n) is 7.28. The van der Waals surface area contributed by atoms with Crippen LogP contribution >= 0.6 is 23.4 Å². The molecule has 0 atom stereocenters. The Morgan fingerprint density at radius 2 is 1.96 bits per heavy atom. The summed E-state index contributed by atoms with van der Waals surface area (Å²) in [5.41, 5.74) is 0.501. The number of carbonyl (C=O) groups is 1. The molecule has 134 valence electrons. The first kappa shape index (κ1) is 19.5. The zero-order valence-corrected chi connectivity index (χ0v) is 14.9. The molecule has 0 aliphatic heterocycles. The fourth-order valence-corrected chi connectivity index (χ4v) is 2.93. The highest BCUT2D eigenvalue weighted by Crippen LogP contribution is 2.38. The van der Waals surface area contributed by atoms with E-state index >= 15 is 0 Å². The van der Waals surface area contributed by atoms with E-state index < -0.39 is 11.7 Å². The quantitative estimate of drug-likeness (QED) is 0.515. The van der Waals surface area contributed by atoms with Crippen molar-refractivity contribution in [3.8, 4) is 5.75 Å². The molecule has 0 radical (unpaired) electrons. The molecular formula is C17H16ClF2NO3S. The highest BCUT2D eigenvalue weighted by atomic mass is 35.5. The second kappa shape index (κ2) is 9.60. The van der Waals surface area contributed by atoms with Gasteiger partial charge in [-0.1, -0.05) is 41.6 Å². The summed E-state index contributed by atoms with van der Waals surface area (Å²) >= 11 is 6.26. The van der Waals surface area contributed by atoms with Crippen LogP contribution in [0.1, 0.15) is 10.4 Å². The van der Waals surface area contributed by atoms with Gasteiger partial charge in [0.25, 0.3) is 11.7 Å². The van der Waals surface area contributed by atoms with Crippen molar-refractivity contribution in [3.63, 3.8) is 0 Å². The minimum Gasteiger partial charge on any atom is -0.490 e. The summed E-state index contributed by atoms with van der Waals surface area (Å²) in [5.74, 6) is -2.76. The Balaban J connectivity index is 2.22. The molecule has 0 saturated heterocycles. The van der Waals surface area contributed by atoms with Gasteiger partial charge in [0, 0.05) is 7.11 Å². The van der Waals surface area contributed by atoms with E-state index in [0.717, 1.165) is 0 Å². The predicted octanol–water partition coefficient (Wildman–Crippen LogP) is 4.93. The fraction of sp³-hybridized carbons (Fsp3) is 0.235. The maximum absolute atomic E-state index is 12.7. The van der Waals surface area contributed by atoms with E-state index in [0.29, 0.717) is 12.4 Å². The third kappa shape index (κ3) is 5.59. The third-order valence-electron chi connectivity index (χ3n) is 3.10. The third-order valence-corrected chi connectivity index (χ3v) is 4.38. The molecule has 2 aromatic carbocycles. The van der Waals surface area contributed by atoms with Crippen LogP contribution in [0.4, 0.5) is 14.5 Å². The van der Waals surface area contributed by atoms with Gasteiger partial charge < -0.3 is 14.8 Å². The minimum absolute atomic E-state index is 0.116. The van der Waals surface area contributed by atoms with Crippen molar-refractivity contribution in [2.24, 2.45) is 0 Å². The lowest BCUT2D eigenvalue weighted by Crippen LogP contribution is -2.15. The lowest BCUT2D eigenvalue weighted by atomic mass is 10.2. The van der Waals surface area contributed by atoms with E-state index in [2.05, 4.69) is 5.32 Å². The van der Waals surface area contributed by atoms with Crippen molar-refractivity contribution in [1.82, 2.24) is 0 Å². The molecule has 0 fully saturated rings. The number of amides is 1. The zero-order valence-electron chi connectivity index (χ0n) is 13.3. The average molecular weight is 388 g/mol. The molecule has 1 amide bonds. The van der Waals surface area contributed by atoms with Gasteiger partial charge in [-0.2, -0.15) is 8.78 Å². The molecule has 0 bridgehead atoms. The van der Waals surface area contributed by atoms with Crippen molar-refractivity contribution in [2.45, 2.75) is 10.7 Å². The van der Waals surface area contributed by atoms with Crippen LogP contribution in [0.25, 0.3) is 0 Å². The summed E-state index contributed by atoms with van der Waals surface area (Å²) in [5, 5.41) is 2.76. The summed E-state index contributed by atoms with van der Waals surface area (Å²) in [6.07, 6.45) is 0. The minimum atomic E-state index is -2.65. The first-order valence-corrected chi connectivity index (χ1v) is 8.54. The van der Waals surface area contributed by atoms with Crippen LogP contribution in [-0.4, -0.2) is 32.0 Å². The summed E-state index contributed by atoms with van der Waals surface area (Å²) in [6.45, 7) is 0.657. The SMILES string of the molecule is COCCOc1ccccc1C(=O)Nc1cccc(Cl)c1SC(F)F. The fourth-order valence-electron chi connectivity index (χ4n) is 2.02. The van der Waals surface area contributed by atoms with Crippen LogP contribution < -0.4 is 10.1 Å². The molecule has 0 aliphatic rings. The summed E-state index contributed by atoms with van der Waals surface area (Å²) < 4.78 is 35.9. The summed E-state index contributed by atoms with van der Waals surface area (Å²) in [4.78, 5) is 12.7. The van der Waals surface area contributed by atoms with Gasteiger partial charge in [-0.25, -0.2) is 0 Å². The topological polar surface area (TPSA) is 47.6 Å². The summed E-state index contributed by atoms with van der Waals surface area (Å²) in [7, 11) is 1.54.